The van der Waals surface area contributed by atoms with Gasteiger partial charge in [-0.3, -0.25) is 4.79 Å². The highest BCUT2D eigenvalue weighted by Crippen LogP contribution is 2.06. The van der Waals surface area contributed by atoms with Crippen LogP contribution in [0.2, 0.25) is 0 Å². The Kier molecular flexibility index (Phi) is 4.14. The molecule has 0 saturated heterocycles. The molecule has 0 rings (SSSR count). The average molecular weight is 200 g/mol. The van der Waals surface area contributed by atoms with Gasteiger partial charge in [-0.1, -0.05) is 6.08 Å². The molecule has 0 aromatic rings. The van der Waals surface area contributed by atoms with Crippen LogP contribution in [0.15, 0.2) is 12.7 Å². The van der Waals surface area contributed by atoms with Crippen LogP contribution >= 0.6 is 0 Å². The number of hydrogen-bond donors (Lipinski definition) is 2. The molecule has 5 heteroatoms. The molecule has 2 amide bonds. The zero-order chi connectivity index (χ0) is 11.4. The van der Waals surface area contributed by atoms with Crippen molar-refractivity contribution in [3.63, 3.8) is 0 Å². The Hall–Kier alpha value is -1.52. The minimum absolute atomic E-state index is 0.604. The van der Waals surface area contributed by atoms with Crippen molar-refractivity contribution in [1.82, 2.24) is 5.32 Å². The van der Waals surface area contributed by atoms with Gasteiger partial charge in [0.15, 0.2) is 0 Å². The Labute approximate surface area is 83.3 Å². The summed E-state index contributed by atoms with van der Waals surface area (Å²) in [6.45, 7) is 8.53. The van der Waals surface area contributed by atoms with Crippen LogP contribution in [-0.4, -0.2) is 23.6 Å². The van der Waals surface area contributed by atoms with Crippen LogP contribution in [0.3, 0.4) is 0 Å². The smallest absolute Gasteiger partial charge is 0.408 e. The van der Waals surface area contributed by atoms with E-state index in [-0.39, 0.29) is 0 Å². The molecule has 1 unspecified atom stereocenters. The zero-order valence-corrected chi connectivity index (χ0v) is 8.66. The Morgan fingerprint density at radius 3 is 2.29 bits per heavy atom. The molecule has 0 aliphatic carbocycles. The van der Waals surface area contributed by atoms with Crippen LogP contribution in [0.1, 0.15) is 20.8 Å². The number of ether oxygens (including phenoxy) is 1. The summed E-state index contributed by atoms with van der Waals surface area (Å²) in [4.78, 5) is 21.9. The number of carbonyl (C=O) groups excluding carboxylic acids is 2. The van der Waals surface area contributed by atoms with E-state index in [0.29, 0.717) is 0 Å². The second-order valence-electron chi connectivity index (χ2n) is 3.76. The van der Waals surface area contributed by atoms with E-state index in [4.69, 9.17) is 10.5 Å². The van der Waals surface area contributed by atoms with Crippen molar-refractivity contribution in [2.75, 3.05) is 0 Å². The minimum atomic E-state index is -0.898. The molecule has 0 bridgehead atoms. The maximum Gasteiger partial charge on any atom is 0.408 e. The lowest BCUT2D eigenvalue weighted by Crippen LogP contribution is -2.45. The predicted octanol–water partition coefficient (Wildman–Crippen LogP) is 0.551. The fraction of sp³-hybridized carbons (Fsp3) is 0.556. The quantitative estimate of drug-likeness (QED) is 0.653. The summed E-state index contributed by atoms with van der Waals surface area (Å²) < 4.78 is 4.91. The maximum atomic E-state index is 11.1. The van der Waals surface area contributed by atoms with Crippen LogP contribution in [0.5, 0.6) is 0 Å². The molecule has 0 aliphatic heterocycles. The molecular weight excluding hydrogens is 184 g/mol. The molecule has 0 aromatic carbocycles. The summed E-state index contributed by atoms with van der Waals surface area (Å²) in [7, 11) is 0. The lowest BCUT2D eigenvalue weighted by atomic mass is 10.2. The summed E-state index contributed by atoms with van der Waals surface area (Å²) in [5.41, 5.74) is 4.38. The molecule has 0 aliphatic rings. The third-order valence-electron chi connectivity index (χ3n) is 1.21. The normalized spacial score (nSPS) is 12.8. The molecule has 1 atom stereocenters. The average Bonchev–Trinajstić information content (AvgIpc) is 1.96. The largest absolute Gasteiger partial charge is 0.444 e. The van der Waals surface area contributed by atoms with Gasteiger partial charge in [-0.05, 0) is 20.8 Å². The summed E-state index contributed by atoms with van der Waals surface area (Å²) in [6.07, 6.45) is 0.549. The molecule has 0 radical (unpaired) electrons. The van der Waals surface area contributed by atoms with Crippen LogP contribution in [0.25, 0.3) is 0 Å². The van der Waals surface area contributed by atoms with Crippen molar-refractivity contribution in [2.24, 2.45) is 5.73 Å². The van der Waals surface area contributed by atoms with Crippen LogP contribution < -0.4 is 11.1 Å². The van der Waals surface area contributed by atoms with E-state index in [2.05, 4.69) is 11.9 Å². The van der Waals surface area contributed by atoms with Crippen molar-refractivity contribution < 1.29 is 14.3 Å². The molecule has 0 heterocycles. The summed E-state index contributed by atoms with van der Waals surface area (Å²) in [5.74, 6) is -0.675. The molecule has 14 heavy (non-hydrogen) atoms. The van der Waals surface area contributed by atoms with Crippen molar-refractivity contribution >= 4 is 12.0 Å². The first-order valence-electron chi connectivity index (χ1n) is 4.17. The third-order valence-corrected chi connectivity index (χ3v) is 1.21. The number of hydrogen-bond acceptors (Lipinski definition) is 3. The lowest BCUT2D eigenvalue weighted by Gasteiger charge is -2.21. The summed E-state index contributed by atoms with van der Waals surface area (Å²) >= 11 is 0. The highest BCUT2D eigenvalue weighted by molar-refractivity contribution is 5.85. The SMILES string of the molecule is C=CC(NC(=O)OC(C)(C)C)C(N)=O. The maximum absolute atomic E-state index is 11.1. The van der Waals surface area contributed by atoms with Gasteiger partial charge in [0.25, 0.3) is 0 Å². The Morgan fingerprint density at radius 2 is 2.00 bits per heavy atom. The van der Waals surface area contributed by atoms with Crippen LogP contribution in [0.4, 0.5) is 4.79 Å². The van der Waals surface area contributed by atoms with E-state index in [0.717, 1.165) is 0 Å². The number of carbonyl (C=O) groups is 2. The van der Waals surface area contributed by atoms with Crippen molar-refractivity contribution in [3.05, 3.63) is 12.7 Å². The second kappa shape index (κ2) is 4.64. The number of alkyl carbamates (subject to hydrolysis) is 1. The zero-order valence-electron chi connectivity index (χ0n) is 8.66. The Morgan fingerprint density at radius 1 is 1.50 bits per heavy atom. The van der Waals surface area contributed by atoms with Gasteiger partial charge in [0.05, 0.1) is 0 Å². The fourth-order valence-electron chi connectivity index (χ4n) is 0.681. The van der Waals surface area contributed by atoms with E-state index in [9.17, 15) is 9.59 Å². The standard InChI is InChI=1S/C9H16N2O3/c1-5-6(7(10)12)11-8(13)14-9(2,3)4/h5-6H,1H2,2-4H3,(H2,10,12)(H,11,13). The van der Waals surface area contributed by atoms with Crippen LogP contribution in [-0.2, 0) is 9.53 Å². The summed E-state index contributed by atoms with van der Waals surface area (Å²) in [5, 5.41) is 2.27. The van der Waals surface area contributed by atoms with Gasteiger partial charge in [-0.15, -0.1) is 6.58 Å². The number of nitrogens with one attached hydrogen (secondary N) is 1. The molecule has 0 spiro atoms. The van der Waals surface area contributed by atoms with Crippen molar-refractivity contribution in [2.45, 2.75) is 32.4 Å². The van der Waals surface area contributed by atoms with Gasteiger partial charge in [-0.2, -0.15) is 0 Å². The van der Waals surface area contributed by atoms with Gasteiger partial charge in [-0.25, -0.2) is 4.79 Å². The monoisotopic (exact) mass is 200 g/mol. The first kappa shape index (κ1) is 12.5. The van der Waals surface area contributed by atoms with E-state index in [1.807, 2.05) is 0 Å². The lowest BCUT2D eigenvalue weighted by molar-refractivity contribution is -0.119. The van der Waals surface area contributed by atoms with E-state index >= 15 is 0 Å². The number of nitrogens with two attached hydrogens (primary N) is 1. The van der Waals surface area contributed by atoms with Gasteiger partial charge in [0, 0.05) is 0 Å². The Balaban J connectivity index is 4.18. The molecule has 0 fully saturated rings. The molecule has 0 aromatic heterocycles. The van der Waals surface area contributed by atoms with Gasteiger partial charge in [0.2, 0.25) is 5.91 Å². The molecule has 0 saturated carbocycles. The molecule has 80 valence electrons. The second-order valence-corrected chi connectivity index (χ2v) is 3.76. The number of primary amides is 1. The number of rotatable bonds is 3. The van der Waals surface area contributed by atoms with Gasteiger partial charge >= 0.3 is 6.09 Å². The number of amides is 2. The third kappa shape index (κ3) is 5.18. The molecule has 5 nitrogen and oxygen atoms in total. The molecular formula is C9H16N2O3. The van der Waals surface area contributed by atoms with Crippen molar-refractivity contribution in [1.29, 1.82) is 0 Å². The highest BCUT2D eigenvalue weighted by Gasteiger charge is 2.20. The molecule has 3 N–H and O–H groups in total. The first-order valence-corrected chi connectivity index (χ1v) is 4.17. The van der Waals surface area contributed by atoms with Gasteiger partial charge in [0.1, 0.15) is 11.6 Å². The van der Waals surface area contributed by atoms with E-state index in [1.165, 1.54) is 6.08 Å². The first-order chi connectivity index (χ1) is 6.26. The van der Waals surface area contributed by atoms with Crippen LogP contribution in [0, 0.1) is 0 Å². The topological polar surface area (TPSA) is 81.4 Å². The fourth-order valence-corrected chi connectivity index (χ4v) is 0.681. The Bertz CT molecular complexity index is 243. The highest BCUT2D eigenvalue weighted by atomic mass is 16.6. The van der Waals surface area contributed by atoms with E-state index < -0.39 is 23.6 Å². The summed E-state index contributed by atoms with van der Waals surface area (Å²) in [6, 6.07) is -0.898. The van der Waals surface area contributed by atoms with Crippen molar-refractivity contribution in [3.8, 4) is 0 Å². The minimum Gasteiger partial charge on any atom is -0.444 e. The van der Waals surface area contributed by atoms with Gasteiger partial charge < -0.3 is 15.8 Å². The van der Waals surface area contributed by atoms with E-state index in [1.54, 1.807) is 20.8 Å². The predicted molar refractivity (Wildman–Crippen MR) is 52.5 cm³/mol.